The lowest BCUT2D eigenvalue weighted by molar-refractivity contribution is -0.130. The standard InChI is InChI=1S/C27H35NO6/c1-5-20-16-19(17-24(30-4)25(20)31-6-2)18-28-13-9-11-22(29)26(32-7-3)21-10-8-12-23-27(21)34-15-14-33-23/h8,10,12,16-18,26H,5-7,9,11,13-15H2,1-4H3. The Morgan fingerprint density at radius 2 is 1.97 bits per heavy atom. The van der Waals surface area contributed by atoms with Gasteiger partial charge >= 0.3 is 0 Å². The van der Waals surface area contributed by atoms with Gasteiger partial charge in [0, 0.05) is 31.4 Å². The summed E-state index contributed by atoms with van der Waals surface area (Å²) < 4.78 is 28.5. The third kappa shape index (κ3) is 6.29. The van der Waals surface area contributed by atoms with Gasteiger partial charge in [0.05, 0.1) is 13.7 Å². The van der Waals surface area contributed by atoms with Crippen LogP contribution in [0.4, 0.5) is 0 Å². The summed E-state index contributed by atoms with van der Waals surface area (Å²) in [6, 6.07) is 9.56. The Kier molecular flexibility index (Phi) is 9.76. The molecule has 0 saturated heterocycles. The molecule has 0 aromatic heterocycles. The lowest BCUT2D eigenvalue weighted by Gasteiger charge is -2.24. The van der Waals surface area contributed by atoms with Crippen LogP contribution in [-0.4, -0.2) is 52.1 Å². The largest absolute Gasteiger partial charge is 0.493 e. The molecule has 34 heavy (non-hydrogen) atoms. The molecule has 1 heterocycles. The number of ketones is 1. The van der Waals surface area contributed by atoms with Crippen LogP contribution in [0.25, 0.3) is 0 Å². The van der Waals surface area contributed by atoms with Crippen molar-refractivity contribution < 1.29 is 28.5 Å². The molecule has 0 fully saturated rings. The number of rotatable bonds is 13. The molecule has 0 saturated carbocycles. The fourth-order valence-electron chi connectivity index (χ4n) is 3.95. The molecule has 184 valence electrons. The SMILES string of the molecule is CCOc1c(CC)cc(C=NCCCC(=O)C(OCC)c2cccc3c2OCCO3)cc1OC. The van der Waals surface area contributed by atoms with Crippen LogP contribution in [0.15, 0.2) is 35.3 Å². The van der Waals surface area contributed by atoms with Crippen molar-refractivity contribution in [1.29, 1.82) is 0 Å². The van der Waals surface area contributed by atoms with Gasteiger partial charge in [0.2, 0.25) is 0 Å². The van der Waals surface area contributed by atoms with Crippen molar-refractivity contribution in [2.75, 3.05) is 40.1 Å². The molecule has 1 unspecified atom stereocenters. The second kappa shape index (κ2) is 13.0. The maximum absolute atomic E-state index is 13.0. The molecule has 0 bridgehead atoms. The highest BCUT2D eigenvalue weighted by atomic mass is 16.6. The number of ether oxygens (including phenoxy) is 5. The topological polar surface area (TPSA) is 75.6 Å². The molecule has 0 radical (unpaired) electrons. The molecule has 0 spiro atoms. The average molecular weight is 470 g/mol. The summed E-state index contributed by atoms with van der Waals surface area (Å²) >= 11 is 0. The van der Waals surface area contributed by atoms with E-state index in [2.05, 4.69) is 18.0 Å². The number of hydrogen-bond donors (Lipinski definition) is 0. The van der Waals surface area contributed by atoms with Crippen molar-refractivity contribution in [2.24, 2.45) is 4.99 Å². The van der Waals surface area contributed by atoms with E-state index in [0.29, 0.717) is 63.1 Å². The molecule has 7 nitrogen and oxygen atoms in total. The summed E-state index contributed by atoms with van der Waals surface area (Å²) in [4.78, 5) is 17.5. The average Bonchev–Trinajstić information content (AvgIpc) is 2.87. The van der Waals surface area contributed by atoms with E-state index in [0.717, 1.165) is 28.9 Å². The fourth-order valence-corrected chi connectivity index (χ4v) is 3.95. The summed E-state index contributed by atoms with van der Waals surface area (Å²) in [6.45, 7) is 8.43. The van der Waals surface area contributed by atoms with E-state index >= 15 is 0 Å². The van der Waals surface area contributed by atoms with Crippen molar-refractivity contribution in [3.05, 3.63) is 47.0 Å². The number of Topliss-reactive ketones (excluding diaryl/α,β-unsaturated/α-hetero) is 1. The predicted octanol–water partition coefficient (Wildman–Crippen LogP) is 4.97. The number of carbonyl (C=O) groups is 1. The zero-order valence-corrected chi connectivity index (χ0v) is 20.6. The number of benzene rings is 2. The van der Waals surface area contributed by atoms with Crippen molar-refractivity contribution in [3.8, 4) is 23.0 Å². The monoisotopic (exact) mass is 469 g/mol. The zero-order chi connectivity index (χ0) is 24.3. The number of hydrogen-bond acceptors (Lipinski definition) is 7. The van der Waals surface area contributed by atoms with Crippen molar-refractivity contribution >= 4 is 12.0 Å². The molecule has 2 aromatic carbocycles. The number of aliphatic imine (C=N–C) groups is 1. The van der Waals surface area contributed by atoms with Crippen molar-refractivity contribution in [2.45, 2.75) is 46.1 Å². The highest BCUT2D eigenvalue weighted by Crippen LogP contribution is 2.39. The van der Waals surface area contributed by atoms with Crippen LogP contribution in [0.1, 0.15) is 56.4 Å². The van der Waals surface area contributed by atoms with Crippen LogP contribution in [0.5, 0.6) is 23.0 Å². The molecule has 1 atom stereocenters. The fraction of sp³-hybridized carbons (Fsp3) is 0.481. The molecule has 0 amide bonds. The van der Waals surface area contributed by atoms with Gasteiger partial charge in [-0.05, 0) is 56.0 Å². The van der Waals surface area contributed by atoms with E-state index in [-0.39, 0.29) is 5.78 Å². The number of aryl methyl sites for hydroxylation is 1. The first kappa shape index (κ1) is 25.6. The van der Waals surface area contributed by atoms with Crippen LogP contribution >= 0.6 is 0 Å². The molecule has 0 aliphatic carbocycles. The van der Waals surface area contributed by atoms with Gasteiger partial charge in [-0.25, -0.2) is 0 Å². The Bertz CT molecular complexity index is 962. The predicted molar refractivity (Wildman–Crippen MR) is 132 cm³/mol. The van der Waals surface area contributed by atoms with Gasteiger partial charge in [-0.2, -0.15) is 0 Å². The molecular weight excluding hydrogens is 434 g/mol. The third-order valence-corrected chi connectivity index (χ3v) is 5.50. The van der Waals surface area contributed by atoms with Gasteiger partial charge in [-0.3, -0.25) is 9.79 Å². The van der Waals surface area contributed by atoms with E-state index in [4.69, 9.17) is 23.7 Å². The van der Waals surface area contributed by atoms with Crippen LogP contribution in [0.3, 0.4) is 0 Å². The van der Waals surface area contributed by atoms with Gasteiger partial charge in [0.25, 0.3) is 0 Å². The first-order valence-corrected chi connectivity index (χ1v) is 12.0. The zero-order valence-electron chi connectivity index (χ0n) is 20.6. The highest BCUT2D eigenvalue weighted by Gasteiger charge is 2.27. The number of carbonyl (C=O) groups excluding carboxylic acids is 1. The second-order valence-electron chi connectivity index (χ2n) is 7.81. The van der Waals surface area contributed by atoms with Crippen molar-refractivity contribution in [1.82, 2.24) is 0 Å². The van der Waals surface area contributed by atoms with E-state index in [1.807, 2.05) is 44.3 Å². The summed E-state index contributed by atoms with van der Waals surface area (Å²) in [5, 5.41) is 0. The first-order chi connectivity index (χ1) is 16.6. The quantitative estimate of drug-likeness (QED) is 0.304. The van der Waals surface area contributed by atoms with Gasteiger partial charge < -0.3 is 23.7 Å². The van der Waals surface area contributed by atoms with E-state index in [1.54, 1.807) is 7.11 Å². The van der Waals surface area contributed by atoms with Crippen LogP contribution in [0, 0.1) is 0 Å². The summed E-state index contributed by atoms with van der Waals surface area (Å²) in [5.41, 5.74) is 2.75. The Morgan fingerprint density at radius 1 is 1.15 bits per heavy atom. The molecule has 3 rings (SSSR count). The summed E-state index contributed by atoms with van der Waals surface area (Å²) in [7, 11) is 1.64. The summed E-state index contributed by atoms with van der Waals surface area (Å²) in [6.07, 6.45) is 2.96. The van der Waals surface area contributed by atoms with Gasteiger partial charge in [-0.1, -0.05) is 19.1 Å². The minimum atomic E-state index is -0.673. The third-order valence-electron chi connectivity index (χ3n) is 5.50. The highest BCUT2D eigenvalue weighted by molar-refractivity contribution is 5.85. The summed E-state index contributed by atoms with van der Waals surface area (Å²) in [5.74, 6) is 2.76. The number of methoxy groups -OCH3 is 1. The minimum absolute atomic E-state index is 0.00984. The van der Waals surface area contributed by atoms with Crippen LogP contribution in [-0.2, 0) is 16.0 Å². The van der Waals surface area contributed by atoms with E-state index in [9.17, 15) is 4.79 Å². The Hall–Kier alpha value is -3.06. The number of fused-ring (bicyclic) bond motifs is 1. The van der Waals surface area contributed by atoms with Crippen LogP contribution < -0.4 is 18.9 Å². The molecule has 0 N–H and O–H groups in total. The van der Waals surface area contributed by atoms with E-state index < -0.39 is 6.10 Å². The molecule has 1 aliphatic heterocycles. The van der Waals surface area contributed by atoms with Gasteiger partial charge in [-0.15, -0.1) is 0 Å². The Labute approximate surface area is 202 Å². The maximum Gasteiger partial charge on any atom is 0.167 e. The molecule has 2 aromatic rings. The smallest absolute Gasteiger partial charge is 0.167 e. The first-order valence-electron chi connectivity index (χ1n) is 12.0. The maximum atomic E-state index is 13.0. The lowest BCUT2D eigenvalue weighted by Crippen LogP contribution is -2.21. The molecule has 1 aliphatic rings. The number of nitrogens with zero attached hydrogens (tertiary/aromatic N) is 1. The van der Waals surface area contributed by atoms with Crippen LogP contribution in [0.2, 0.25) is 0 Å². The van der Waals surface area contributed by atoms with Crippen molar-refractivity contribution in [3.63, 3.8) is 0 Å². The second-order valence-corrected chi connectivity index (χ2v) is 7.81. The minimum Gasteiger partial charge on any atom is -0.493 e. The number of para-hydroxylation sites is 1. The Morgan fingerprint density at radius 3 is 2.71 bits per heavy atom. The molecule has 7 heteroatoms. The molecular formula is C27H35NO6. The van der Waals surface area contributed by atoms with Gasteiger partial charge in [0.15, 0.2) is 28.8 Å². The normalized spacial score (nSPS) is 13.6. The van der Waals surface area contributed by atoms with E-state index in [1.165, 1.54) is 0 Å². The Balaban J connectivity index is 1.62. The lowest BCUT2D eigenvalue weighted by atomic mass is 10.0. The van der Waals surface area contributed by atoms with Gasteiger partial charge in [0.1, 0.15) is 19.3 Å².